The maximum atomic E-state index is 12.2. The van der Waals surface area contributed by atoms with Crippen molar-refractivity contribution in [3.05, 3.63) is 75.9 Å². The molecule has 7 nitrogen and oxygen atoms in total. The molecule has 4 aromatic rings. The molecule has 4 rings (SSSR count). The molecule has 0 bridgehead atoms. The number of amides is 1. The Morgan fingerprint density at radius 1 is 1.25 bits per heavy atom. The fourth-order valence-electron chi connectivity index (χ4n) is 3.00. The molecule has 2 N–H and O–H groups in total. The van der Waals surface area contributed by atoms with E-state index in [1.165, 1.54) is 12.3 Å². The van der Waals surface area contributed by atoms with Gasteiger partial charge in [-0.15, -0.1) is 0 Å². The quantitative estimate of drug-likeness (QED) is 0.524. The molecule has 8 heteroatoms. The average molecular weight is 397 g/mol. The van der Waals surface area contributed by atoms with Crippen LogP contribution in [0.15, 0.2) is 64.1 Å². The molecule has 3 heterocycles. The third kappa shape index (κ3) is 3.84. The van der Waals surface area contributed by atoms with Crippen molar-refractivity contribution in [2.24, 2.45) is 0 Å². The number of rotatable bonds is 6. The fourth-order valence-corrected chi connectivity index (χ4v) is 3.18. The number of hydrogen-bond acceptors (Lipinski definition) is 4. The number of fused-ring (bicyclic) bond motifs is 1. The van der Waals surface area contributed by atoms with E-state index in [9.17, 15) is 9.59 Å². The number of carbonyl (C=O) groups excluding carboxylic acids is 1. The Morgan fingerprint density at radius 2 is 2.14 bits per heavy atom. The molecule has 0 unspecified atom stereocenters. The molecule has 0 saturated heterocycles. The van der Waals surface area contributed by atoms with Gasteiger partial charge in [0.25, 0.3) is 5.56 Å². The Kier molecular flexibility index (Phi) is 4.99. The highest BCUT2D eigenvalue weighted by molar-refractivity contribution is 6.31. The third-order valence-corrected chi connectivity index (χ3v) is 4.61. The molecular formula is C20H17ClN4O3. The van der Waals surface area contributed by atoms with Crippen molar-refractivity contribution in [2.45, 2.75) is 13.0 Å². The zero-order chi connectivity index (χ0) is 19.5. The molecule has 1 amide bonds. The van der Waals surface area contributed by atoms with Crippen molar-refractivity contribution in [1.82, 2.24) is 20.1 Å². The topological polar surface area (TPSA) is 92.9 Å². The summed E-state index contributed by atoms with van der Waals surface area (Å²) in [4.78, 5) is 27.4. The van der Waals surface area contributed by atoms with Crippen LogP contribution in [0.1, 0.15) is 5.56 Å². The lowest BCUT2D eigenvalue weighted by molar-refractivity contribution is -0.121. The van der Waals surface area contributed by atoms with Crippen molar-refractivity contribution in [3.8, 4) is 11.5 Å². The summed E-state index contributed by atoms with van der Waals surface area (Å²) in [7, 11) is 0. The second-order valence-corrected chi connectivity index (χ2v) is 6.73. The van der Waals surface area contributed by atoms with E-state index in [-0.39, 0.29) is 18.0 Å². The van der Waals surface area contributed by atoms with E-state index in [2.05, 4.69) is 15.4 Å². The SMILES string of the molecule is O=C(Cn1nc(-c2ccco2)ccc1=O)NCCc1c[nH]c2ccc(Cl)cc12. The summed E-state index contributed by atoms with van der Waals surface area (Å²) in [5.41, 5.74) is 2.20. The van der Waals surface area contributed by atoms with Crippen LogP contribution in [-0.2, 0) is 17.8 Å². The summed E-state index contributed by atoms with van der Waals surface area (Å²) in [5.74, 6) is 0.247. The number of benzene rings is 1. The molecule has 0 aliphatic carbocycles. The van der Waals surface area contributed by atoms with E-state index in [0.29, 0.717) is 29.4 Å². The van der Waals surface area contributed by atoms with Crippen LogP contribution in [0.25, 0.3) is 22.4 Å². The minimum Gasteiger partial charge on any atom is -0.463 e. The lowest BCUT2D eigenvalue weighted by atomic mass is 10.1. The molecular weight excluding hydrogens is 380 g/mol. The van der Waals surface area contributed by atoms with Crippen LogP contribution in [0.5, 0.6) is 0 Å². The predicted molar refractivity (Wildman–Crippen MR) is 106 cm³/mol. The largest absolute Gasteiger partial charge is 0.463 e. The number of furan rings is 1. The standard InChI is InChI=1S/C20H17ClN4O3/c21-14-3-4-16-15(10-14)13(11-23-16)7-8-22-19(26)12-25-20(27)6-5-17(24-25)18-2-1-9-28-18/h1-6,9-11,23H,7-8,12H2,(H,22,26). The molecule has 0 fully saturated rings. The summed E-state index contributed by atoms with van der Waals surface area (Å²) in [6.45, 7) is 0.276. The summed E-state index contributed by atoms with van der Waals surface area (Å²) in [6.07, 6.45) is 4.07. The Morgan fingerprint density at radius 3 is 2.96 bits per heavy atom. The first kappa shape index (κ1) is 18.1. The lowest BCUT2D eigenvalue weighted by Gasteiger charge is -2.07. The van der Waals surface area contributed by atoms with Gasteiger partial charge in [0.05, 0.1) is 6.26 Å². The van der Waals surface area contributed by atoms with Crippen molar-refractivity contribution >= 4 is 28.4 Å². The monoisotopic (exact) mass is 396 g/mol. The van der Waals surface area contributed by atoms with Crippen molar-refractivity contribution < 1.29 is 9.21 Å². The smallest absolute Gasteiger partial charge is 0.267 e. The highest BCUT2D eigenvalue weighted by Gasteiger charge is 2.10. The molecule has 142 valence electrons. The number of carbonyl (C=O) groups is 1. The molecule has 1 aromatic carbocycles. The first-order chi connectivity index (χ1) is 13.6. The van der Waals surface area contributed by atoms with Gasteiger partial charge < -0.3 is 14.7 Å². The minimum absolute atomic E-state index is 0.160. The van der Waals surface area contributed by atoms with Gasteiger partial charge in [0.1, 0.15) is 12.2 Å². The van der Waals surface area contributed by atoms with Gasteiger partial charge in [0, 0.05) is 34.7 Å². The Hall–Kier alpha value is -3.32. The predicted octanol–water partition coefficient (Wildman–Crippen LogP) is 3.00. The minimum atomic E-state index is -0.350. The van der Waals surface area contributed by atoms with E-state index in [4.69, 9.17) is 16.0 Å². The summed E-state index contributed by atoms with van der Waals surface area (Å²) in [5, 5.41) is 8.71. The lowest BCUT2D eigenvalue weighted by Crippen LogP contribution is -2.34. The Bertz CT molecular complexity index is 1180. The highest BCUT2D eigenvalue weighted by atomic mass is 35.5. The van der Waals surface area contributed by atoms with Crippen LogP contribution in [0.2, 0.25) is 5.02 Å². The maximum Gasteiger partial charge on any atom is 0.267 e. The van der Waals surface area contributed by atoms with Gasteiger partial charge >= 0.3 is 0 Å². The van der Waals surface area contributed by atoms with Crippen LogP contribution >= 0.6 is 11.6 Å². The molecule has 0 aliphatic rings. The number of aromatic nitrogens is 3. The summed E-state index contributed by atoms with van der Waals surface area (Å²) < 4.78 is 6.40. The zero-order valence-corrected chi connectivity index (χ0v) is 15.6. The second-order valence-electron chi connectivity index (χ2n) is 6.30. The van der Waals surface area contributed by atoms with Gasteiger partial charge in [-0.05, 0) is 48.4 Å². The Labute approximate surface area is 164 Å². The zero-order valence-electron chi connectivity index (χ0n) is 14.8. The third-order valence-electron chi connectivity index (χ3n) is 4.38. The van der Waals surface area contributed by atoms with Crippen LogP contribution in [0, 0.1) is 0 Å². The van der Waals surface area contributed by atoms with Crippen molar-refractivity contribution in [1.29, 1.82) is 0 Å². The van der Waals surface area contributed by atoms with E-state index in [0.717, 1.165) is 21.1 Å². The average Bonchev–Trinajstić information content (AvgIpc) is 3.34. The van der Waals surface area contributed by atoms with Gasteiger partial charge in [0.2, 0.25) is 5.91 Å². The number of halogens is 1. The van der Waals surface area contributed by atoms with E-state index in [1.807, 2.05) is 24.4 Å². The molecule has 0 atom stereocenters. The van der Waals surface area contributed by atoms with Gasteiger partial charge in [-0.3, -0.25) is 9.59 Å². The van der Waals surface area contributed by atoms with Crippen molar-refractivity contribution in [3.63, 3.8) is 0 Å². The van der Waals surface area contributed by atoms with E-state index < -0.39 is 0 Å². The van der Waals surface area contributed by atoms with Crippen LogP contribution < -0.4 is 10.9 Å². The van der Waals surface area contributed by atoms with Gasteiger partial charge in [-0.2, -0.15) is 5.10 Å². The molecule has 0 saturated carbocycles. The molecule has 0 spiro atoms. The van der Waals surface area contributed by atoms with Gasteiger partial charge in [-0.25, -0.2) is 4.68 Å². The first-order valence-corrected chi connectivity index (χ1v) is 9.12. The summed E-state index contributed by atoms with van der Waals surface area (Å²) in [6, 6.07) is 12.1. The highest BCUT2D eigenvalue weighted by Crippen LogP contribution is 2.22. The maximum absolute atomic E-state index is 12.2. The number of nitrogens with one attached hydrogen (secondary N) is 2. The Balaban J connectivity index is 1.39. The van der Waals surface area contributed by atoms with Gasteiger partial charge in [0.15, 0.2) is 5.76 Å². The first-order valence-electron chi connectivity index (χ1n) is 8.74. The van der Waals surface area contributed by atoms with Crippen molar-refractivity contribution in [2.75, 3.05) is 6.54 Å². The van der Waals surface area contributed by atoms with Crippen LogP contribution in [0.4, 0.5) is 0 Å². The number of H-pyrrole nitrogens is 1. The van der Waals surface area contributed by atoms with E-state index in [1.54, 1.807) is 18.2 Å². The second kappa shape index (κ2) is 7.74. The van der Waals surface area contributed by atoms with Gasteiger partial charge in [-0.1, -0.05) is 11.6 Å². The van der Waals surface area contributed by atoms with E-state index >= 15 is 0 Å². The summed E-state index contributed by atoms with van der Waals surface area (Å²) >= 11 is 6.06. The normalized spacial score (nSPS) is 11.0. The molecule has 3 aromatic heterocycles. The molecule has 0 aliphatic heterocycles. The number of nitrogens with zero attached hydrogens (tertiary/aromatic N) is 2. The van der Waals surface area contributed by atoms with Crippen LogP contribution in [-0.4, -0.2) is 27.2 Å². The number of hydrogen-bond donors (Lipinski definition) is 2. The number of aromatic amines is 1. The fraction of sp³-hybridized carbons (Fsp3) is 0.150. The molecule has 28 heavy (non-hydrogen) atoms. The van der Waals surface area contributed by atoms with Crippen LogP contribution in [0.3, 0.4) is 0 Å². The molecule has 0 radical (unpaired) electrons.